The lowest BCUT2D eigenvalue weighted by Gasteiger charge is -2.04. The molecule has 1 aromatic carbocycles. The summed E-state index contributed by atoms with van der Waals surface area (Å²) in [6, 6.07) is 7.13. The largest absolute Gasteiger partial charge is 0.399 e. The fourth-order valence-electron chi connectivity index (χ4n) is 1.35. The molecule has 5 nitrogen and oxygen atoms in total. The summed E-state index contributed by atoms with van der Waals surface area (Å²) >= 11 is 0. The third-order valence-electron chi connectivity index (χ3n) is 2.29. The van der Waals surface area contributed by atoms with Crippen molar-refractivity contribution in [1.82, 2.24) is 5.32 Å². The number of benzene rings is 1. The average molecular weight is 250 g/mol. The highest BCUT2D eigenvalue weighted by Gasteiger charge is 2.03. The second kappa shape index (κ2) is 8.25. The minimum absolute atomic E-state index is 0.0821. The van der Waals surface area contributed by atoms with Crippen LogP contribution in [0.4, 0.5) is 0 Å². The van der Waals surface area contributed by atoms with Crippen molar-refractivity contribution in [2.45, 2.75) is 6.42 Å². The van der Waals surface area contributed by atoms with Crippen LogP contribution in [0.1, 0.15) is 22.3 Å². The summed E-state index contributed by atoms with van der Waals surface area (Å²) in [6.45, 7) is 1.26. The predicted molar refractivity (Wildman–Crippen MR) is 69.9 cm³/mol. The summed E-state index contributed by atoms with van der Waals surface area (Å²) < 4.78 is 4.90. The van der Waals surface area contributed by atoms with Crippen LogP contribution in [0, 0.1) is 0 Å². The van der Waals surface area contributed by atoms with E-state index in [2.05, 4.69) is 15.3 Å². The molecule has 1 rings (SSSR count). The van der Waals surface area contributed by atoms with Gasteiger partial charge in [0.2, 0.25) is 0 Å². The molecule has 0 aliphatic carbocycles. The molecule has 0 saturated carbocycles. The topological polar surface area (TPSA) is 59.9 Å². The smallest absolute Gasteiger partial charge is 0.251 e. The number of ether oxygens (including phenoxy) is 1. The van der Waals surface area contributed by atoms with Crippen LogP contribution in [0.2, 0.25) is 0 Å². The maximum atomic E-state index is 11.7. The Morgan fingerprint density at radius 3 is 2.67 bits per heavy atom. The fourth-order valence-corrected chi connectivity index (χ4v) is 1.35. The van der Waals surface area contributed by atoms with Crippen molar-refractivity contribution in [3.63, 3.8) is 0 Å². The Labute approximate surface area is 107 Å². The van der Waals surface area contributed by atoms with E-state index in [1.54, 1.807) is 25.5 Å². The quantitative estimate of drug-likeness (QED) is 0.452. The number of nitrogens with zero attached hydrogens (tertiary/aromatic N) is 1. The van der Waals surface area contributed by atoms with E-state index in [-0.39, 0.29) is 5.91 Å². The molecule has 98 valence electrons. The third kappa shape index (κ3) is 4.97. The van der Waals surface area contributed by atoms with Crippen molar-refractivity contribution in [3.05, 3.63) is 35.4 Å². The predicted octanol–water partition coefficient (Wildman–Crippen LogP) is 1.43. The molecule has 1 aromatic rings. The van der Waals surface area contributed by atoms with Gasteiger partial charge in [-0.15, -0.1) is 0 Å². The standard InChI is InChI=1S/C13H18N2O3/c1-17-9-3-8-14-13(16)12-6-4-11(5-7-12)10-15-18-2/h4-7,10H,3,8-9H2,1-2H3,(H,14,16)/b15-10+. The molecule has 0 saturated heterocycles. The lowest BCUT2D eigenvalue weighted by Crippen LogP contribution is -2.25. The average Bonchev–Trinajstić information content (AvgIpc) is 2.41. The molecule has 1 N–H and O–H groups in total. The normalized spacial score (nSPS) is 10.6. The lowest BCUT2D eigenvalue weighted by molar-refractivity contribution is 0.0948. The van der Waals surface area contributed by atoms with Gasteiger partial charge in [-0.1, -0.05) is 17.3 Å². The Kier molecular flexibility index (Phi) is 6.50. The molecule has 5 heteroatoms. The maximum absolute atomic E-state index is 11.7. The lowest BCUT2D eigenvalue weighted by atomic mass is 10.1. The first-order chi connectivity index (χ1) is 8.77. The molecule has 1 amide bonds. The zero-order valence-electron chi connectivity index (χ0n) is 10.7. The zero-order valence-corrected chi connectivity index (χ0v) is 10.7. The van der Waals surface area contributed by atoms with Crippen LogP contribution in [0.25, 0.3) is 0 Å². The minimum atomic E-state index is -0.0821. The molecule has 0 radical (unpaired) electrons. The monoisotopic (exact) mass is 250 g/mol. The number of rotatable bonds is 7. The molecule has 0 aromatic heterocycles. The van der Waals surface area contributed by atoms with Crippen LogP contribution in [0.3, 0.4) is 0 Å². The maximum Gasteiger partial charge on any atom is 0.251 e. The van der Waals surface area contributed by atoms with Crippen molar-refractivity contribution in [2.75, 3.05) is 27.4 Å². The summed E-state index contributed by atoms with van der Waals surface area (Å²) in [5.74, 6) is -0.0821. The molecule has 0 bridgehead atoms. The number of nitrogens with one attached hydrogen (secondary N) is 1. The van der Waals surface area contributed by atoms with Crippen LogP contribution in [-0.2, 0) is 9.57 Å². The van der Waals surface area contributed by atoms with Gasteiger partial charge in [0.05, 0.1) is 6.21 Å². The summed E-state index contributed by atoms with van der Waals surface area (Å²) in [7, 11) is 3.13. The van der Waals surface area contributed by atoms with E-state index in [1.165, 1.54) is 7.11 Å². The summed E-state index contributed by atoms with van der Waals surface area (Å²) in [5.41, 5.74) is 1.51. The van der Waals surface area contributed by atoms with Crippen molar-refractivity contribution in [2.24, 2.45) is 5.16 Å². The number of amides is 1. The second-order valence-electron chi connectivity index (χ2n) is 3.64. The molecule has 0 aliphatic heterocycles. The Balaban J connectivity index is 2.46. The number of hydrogen-bond donors (Lipinski definition) is 1. The Morgan fingerprint density at radius 1 is 1.33 bits per heavy atom. The van der Waals surface area contributed by atoms with E-state index >= 15 is 0 Å². The van der Waals surface area contributed by atoms with E-state index in [0.717, 1.165) is 12.0 Å². The molecule has 0 unspecified atom stereocenters. The first-order valence-electron chi connectivity index (χ1n) is 5.71. The van der Waals surface area contributed by atoms with E-state index < -0.39 is 0 Å². The summed E-state index contributed by atoms with van der Waals surface area (Å²) in [4.78, 5) is 16.3. The van der Waals surface area contributed by atoms with E-state index in [0.29, 0.717) is 18.7 Å². The van der Waals surface area contributed by atoms with Gasteiger partial charge in [-0.2, -0.15) is 0 Å². The van der Waals surface area contributed by atoms with Crippen molar-refractivity contribution in [1.29, 1.82) is 0 Å². The molecular weight excluding hydrogens is 232 g/mol. The molecule has 0 spiro atoms. The molecule has 0 aliphatic rings. The molecule has 0 fully saturated rings. The van der Waals surface area contributed by atoms with Gasteiger partial charge in [0.1, 0.15) is 7.11 Å². The summed E-state index contributed by atoms with van der Waals surface area (Å²) in [6.07, 6.45) is 2.39. The van der Waals surface area contributed by atoms with Crippen molar-refractivity contribution < 1.29 is 14.4 Å². The minimum Gasteiger partial charge on any atom is -0.399 e. The van der Waals surface area contributed by atoms with Crippen molar-refractivity contribution >= 4 is 12.1 Å². The highest BCUT2D eigenvalue weighted by molar-refractivity contribution is 5.94. The number of oxime groups is 1. The van der Waals surface area contributed by atoms with Crippen LogP contribution in [0.5, 0.6) is 0 Å². The highest BCUT2D eigenvalue weighted by atomic mass is 16.6. The van der Waals surface area contributed by atoms with Gasteiger partial charge >= 0.3 is 0 Å². The van der Waals surface area contributed by atoms with Gasteiger partial charge in [0.15, 0.2) is 0 Å². The first kappa shape index (κ1) is 14.2. The van der Waals surface area contributed by atoms with Crippen molar-refractivity contribution in [3.8, 4) is 0 Å². The molecule has 18 heavy (non-hydrogen) atoms. The zero-order chi connectivity index (χ0) is 13.2. The fraction of sp³-hybridized carbons (Fsp3) is 0.385. The molecule has 0 atom stereocenters. The Bertz CT molecular complexity index is 388. The number of methoxy groups -OCH3 is 1. The Hall–Kier alpha value is -1.88. The van der Waals surface area contributed by atoms with Gasteiger partial charge in [-0.05, 0) is 24.1 Å². The first-order valence-corrected chi connectivity index (χ1v) is 5.71. The highest BCUT2D eigenvalue weighted by Crippen LogP contribution is 2.02. The molecular formula is C13H18N2O3. The van der Waals surface area contributed by atoms with Crippen LogP contribution < -0.4 is 5.32 Å². The van der Waals surface area contributed by atoms with Gasteiger partial charge in [0, 0.05) is 25.8 Å². The van der Waals surface area contributed by atoms with E-state index in [1.807, 2.05) is 12.1 Å². The van der Waals surface area contributed by atoms with Gasteiger partial charge in [0.25, 0.3) is 5.91 Å². The van der Waals surface area contributed by atoms with Crippen LogP contribution in [0.15, 0.2) is 29.4 Å². The van der Waals surface area contributed by atoms with Gasteiger partial charge < -0.3 is 14.9 Å². The second-order valence-corrected chi connectivity index (χ2v) is 3.64. The summed E-state index contributed by atoms with van der Waals surface area (Å²) in [5, 5.41) is 6.47. The van der Waals surface area contributed by atoms with Crippen LogP contribution in [-0.4, -0.2) is 39.5 Å². The number of carbonyl (C=O) groups excluding carboxylic acids is 1. The van der Waals surface area contributed by atoms with Crippen LogP contribution >= 0.6 is 0 Å². The SMILES string of the molecule is COCCCNC(=O)c1ccc(/C=N/OC)cc1. The van der Waals surface area contributed by atoms with Gasteiger partial charge in [-0.3, -0.25) is 4.79 Å². The third-order valence-corrected chi connectivity index (χ3v) is 2.29. The Morgan fingerprint density at radius 2 is 2.06 bits per heavy atom. The van der Waals surface area contributed by atoms with E-state index in [9.17, 15) is 4.79 Å². The number of hydrogen-bond acceptors (Lipinski definition) is 4. The number of carbonyl (C=O) groups is 1. The van der Waals surface area contributed by atoms with Gasteiger partial charge in [-0.25, -0.2) is 0 Å². The van der Waals surface area contributed by atoms with E-state index in [4.69, 9.17) is 4.74 Å². The molecule has 0 heterocycles.